The fourth-order valence-corrected chi connectivity index (χ4v) is 4.31. The van der Waals surface area contributed by atoms with Crippen molar-refractivity contribution in [3.8, 4) is 29.6 Å². The summed E-state index contributed by atoms with van der Waals surface area (Å²) in [5.74, 6) is 4.61. The molecule has 0 amide bonds. The molecule has 0 aliphatic heterocycles. The number of nitro groups is 2. The van der Waals surface area contributed by atoms with E-state index in [1.54, 1.807) is 42.2 Å². The number of aromatic nitrogens is 3. The maximum Gasteiger partial charge on any atom is 0.272 e. The van der Waals surface area contributed by atoms with Gasteiger partial charge in [0.25, 0.3) is 11.4 Å². The highest BCUT2D eigenvalue weighted by atomic mass is 16.6. The fraction of sp³-hybridized carbons (Fsp3) is 0.371. The average Bonchev–Trinajstić information content (AvgIpc) is 3.50. The van der Waals surface area contributed by atoms with Gasteiger partial charge < -0.3 is 14.2 Å². The molecule has 1 aromatic heterocycles. The highest BCUT2D eigenvalue weighted by Crippen LogP contribution is 2.26. The largest absolute Gasteiger partial charge is 0.494 e. The third-order valence-electron chi connectivity index (χ3n) is 6.79. The highest BCUT2D eigenvalue weighted by molar-refractivity contribution is 5.46. The van der Waals surface area contributed by atoms with Crippen LogP contribution in [0.15, 0.2) is 60.8 Å². The number of hydrogen-bond donors (Lipinski definition) is 0. The molecule has 0 N–H and O–H groups in total. The van der Waals surface area contributed by atoms with Gasteiger partial charge in [-0.15, -0.1) is 11.5 Å². The summed E-state index contributed by atoms with van der Waals surface area (Å²) in [6.07, 6.45) is 10.0. The SMILES string of the molecule is C#CCOc1ccc(C)c(CC)c1.CCCOc1ccc([N+](=O)[O-])c(CC)c1.CCc1cc(OCc2cn(C)nn2)ccc1[N+](=O)[O-]. The summed E-state index contributed by atoms with van der Waals surface area (Å²) in [5, 5.41) is 29.2. The number of nitrogens with zero attached hydrogens (tertiary/aromatic N) is 5. The molecular weight excluding hydrogens is 602 g/mol. The maximum absolute atomic E-state index is 10.8. The number of aryl methyl sites for hydroxylation is 5. The predicted octanol–water partition coefficient (Wildman–Crippen LogP) is 7.38. The van der Waals surface area contributed by atoms with Gasteiger partial charge >= 0.3 is 0 Å². The summed E-state index contributed by atoms with van der Waals surface area (Å²) in [6, 6.07) is 15.7. The van der Waals surface area contributed by atoms with Gasteiger partial charge in [-0.25, -0.2) is 0 Å². The van der Waals surface area contributed by atoms with Crippen molar-refractivity contribution in [1.82, 2.24) is 15.0 Å². The van der Waals surface area contributed by atoms with Crippen LogP contribution in [0.25, 0.3) is 0 Å². The van der Waals surface area contributed by atoms with E-state index in [-0.39, 0.29) is 27.8 Å². The zero-order valence-corrected chi connectivity index (χ0v) is 27.9. The molecule has 0 saturated carbocycles. The molecule has 0 bridgehead atoms. The first kappa shape index (κ1) is 37.7. The van der Waals surface area contributed by atoms with Crippen molar-refractivity contribution in [2.75, 3.05) is 13.2 Å². The van der Waals surface area contributed by atoms with Crippen LogP contribution in [0.2, 0.25) is 0 Å². The molecule has 0 spiro atoms. The Bertz CT molecular complexity index is 1650. The van der Waals surface area contributed by atoms with Crippen LogP contribution in [0.4, 0.5) is 11.4 Å². The number of ether oxygens (including phenoxy) is 3. The van der Waals surface area contributed by atoms with E-state index in [2.05, 4.69) is 36.1 Å². The monoisotopic (exact) mass is 645 g/mol. The highest BCUT2D eigenvalue weighted by Gasteiger charge is 2.14. The molecule has 0 aliphatic rings. The van der Waals surface area contributed by atoms with Crippen LogP contribution in [0, 0.1) is 39.5 Å². The van der Waals surface area contributed by atoms with Crippen molar-refractivity contribution >= 4 is 11.4 Å². The van der Waals surface area contributed by atoms with E-state index in [0.717, 1.165) is 18.6 Å². The summed E-state index contributed by atoms with van der Waals surface area (Å²) >= 11 is 0. The number of hydrogen-bond acceptors (Lipinski definition) is 9. The molecule has 0 radical (unpaired) electrons. The predicted molar refractivity (Wildman–Crippen MR) is 181 cm³/mol. The number of terminal acetylenes is 1. The summed E-state index contributed by atoms with van der Waals surface area (Å²) < 4.78 is 17.9. The van der Waals surface area contributed by atoms with E-state index in [9.17, 15) is 20.2 Å². The van der Waals surface area contributed by atoms with E-state index in [1.165, 1.54) is 23.3 Å². The molecule has 4 rings (SSSR count). The normalized spacial score (nSPS) is 9.98. The minimum atomic E-state index is -0.384. The molecule has 0 aliphatic carbocycles. The van der Waals surface area contributed by atoms with Gasteiger partial charge in [-0.05, 0) is 80.1 Å². The lowest BCUT2D eigenvalue weighted by Gasteiger charge is -2.06. The van der Waals surface area contributed by atoms with Crippen LogP contribution in [0.5, 0.6) is 17.2 Å². The zero-order valence-electron chi connectivity index (χ0n) is 27.9. The molecule has 3 aromatic carbocycles. The third kappa shape index (κ3) is 12.5. The molecule has 0 saturated heterocycles. The quantitative estimate of drug-likeness (QED) is 0.0826. The van der Waals surface area contributed by atoms with E-state index in [1.807, 2.05) is 32.9 Å². The minimum Gasteiger partial charge on any atom is -0.494 e. The van der Waals surface area contributed by atoms with Crippen LogP contribution < -0.4 is 14.2 Å². The molecule has 250 valence electrons. The molecule has 12 heteroatoms. The van der Waals surface area contributed by atoms with Gasteiger partial charge in [0.2, 0.25) is 0 Å². The van der Waals surface area contributed by atoms with Crippen LogP contribution in [0.3, 0.4) is 0 Å². The third-order valence-corrected chi connectivity index (χ3v) is 6.79. The second-order valence-electron chi connectivity index (χ2n) is 10.3. The van der Waals surface area contributed by atoms with Crippen LogP contribution in [0.1, 0.15) is 62.1 Å². The number of rotatable bonds is 13. The first-order chi connectivity index (χ1) is 22.6. The van der Waals surface area contributed by atoms with Crippen molar-refractivity contribution < 1.29 is 24.1 Å². The Morgan fingerprint density at radius 3 is 1.77 bits per heavy atom. The van der Waals surface area contributed by atoms with Gasteiger partial charge in [0.1, 0.15) is 36.2 Å². The van der Waals surface area contributed by atoms with Gasteiger partial charge in [-0.1, -0.05) is 44.9 Å². The Morgan fingerprint density at radius 2 is 1.30 bits per heavy atom. The van der Waals surface area contributed by atoms with Gasteiger partial charge in [0.05, 0.1) is 22.7 Å². The first-order valence-electron chi connectivity index (χ1n) is 15.4. The van der Waals surface area contributed by atoms with Crippen molar-refractivity contribution in [2.45, 2.75) is 66.9 Å². The Kier molecular flexibility index (Phi) is 15.9. The summed E-state index contributed by atoms with van der Waals surface area (Å²) in [6.45, 7) is 11.3. The van der Waals surface area contributed by atoms with E-state index in [4.69, 9.17) is 20.6 Å². The van der Waals surface area contributed by atoms with E-state index >= 15 is 0 Å². The second-order valence-corrected chi connectivity index (χ2v) is 10.3. The fourth-order valence-electron chi connectivity index (χ4n) is 4.31. The van der Waals surface area contributed by atoms with Crippen LogP contribution in [-0.2, 0) is 32.9 Å². The molecule has 0 fully saturated rings. The Balaban J connectivity index is 0.000000250. The molecule has 12 nitrogen and oxygen atoms in total. The smallest absolute Gasteiger partial charge is 0.272 e. The van der Waals surface area contributed by atoms with Gasteiger partial charge in [-0.3, -0.25) is 24.9 Å². The van der Waals surface area contributed by atoms with Crippen LogP contribution in [-0.4, -0.2) is 38.1 Å². The Morgan fingerprint density at radius 1 is 0.787 bits per heavy atom. The number of nitro benzene ring substituents is 2. The standard InChI is InChI=1S/C12H14N4O3.C12H14O.C11H15NO3/c1-3-9-6-11(4-5-12(9)16(17)18)19-8-10-7-15(2)14-13-10;1-4-8-13-12-7-6-10(3)11(5-2)9-12;1-3-7-15-10-5-6-11(12(13)14)9(4-2)8-10/h4-7H,3,8H2,1-2H3;1,6-7,9H,5,8H2,2-3H3;5-6,8H,3-4,7H2,1-2H3. The van der Waals surface area contributed by atoms with Crippen LogP contribution >= 0.6 is 0 Å². The lowest BCUT2D eigenvalue weighted by molar-refractivity contribution is -0.385. The lowest BCUT2D eigenvalue weighted by Crippen LogP contribution is -1.99. The first-order valence-corrected chi connectivity index (χ1v) is 15.4. The van der Waals surface area contributed by atoms with Crippen molar-refractivity contribution in [1.29, 1.82) is 0 Å². The Hall–Kier alpha value is -5.44. The topological polar surface area (TPSA) is 145 Å². The summed E-state index contributed by atoms with van der Waals surface area (Å²) in [7, 11) is 1.78. The van der Waals surface area contributed by atoms with E-state index in [0.29, 0.717) is 54.4 Å². The lowest BCUT2D eigenvalue weighted by atomic mass is 10.1. The molecule has 1 heterocycles. The van der Waals surface area contributed by atoms with Gasteiger partial charge in [0, 0.05) is 30.3 Å². The van der Waals surface area contributed by atoms with Gasteiger partial charge in [-0.2, -0.15) is 0 Å². The zero-order chi connectivity index (χ0) is 34.8. The summed E-state index contributed by atoms with van der Waals surface area (Å²) in [4.78, 5) is 20.7. The van der Waals surface area contributed by atoms with Gasteiger partial charge in [0.15, 0.2) is 0 Å². The molecule has 47 heavy (non-hydrogen) atoms. The summed E-state index contributed by atoms with van der Waals surface area (Å²) in [5.41, 5.74) is 4.98. The maximum atomic E-state index is 10.8. The molecule has 0 unspecified atom stereocenters. The number of benzene rings is 3. The minimum absolute atomic E-state index is 0.120. The second kappa shape index (κ2) is 19.8. The van der Waals surface area contributed by atoms with Crippen molar-refractivity contribution in [3.05, 3.63) is 109 Å². The molecular formula is C35H43N5O7. The molecule has 0 atom stereocenters. The average molecular weight is 646 g/mol. The van der Waals surface area contributed by atoms with E-state index < -0.39 is 0 Å². The molecule has 4 aromatic rings. The van der Waals surface area contributed by atoms with Crippen molar-refractivity contribution in [3.63, 3.8) is 0 Å². The van der Waals surface area contributed by atoms with Crippen molar-refractivity contribution in [2.24, 2.45) is 7.05 Å². The Labute approximate surface area is 276 Å².